The molecule has 1 unspecified atom stereocenters. The van der Waals surface area contributed by atoms with Crippen LogP contribution in [0.25, 0.3) is 0 Å². The first-order valence-corrected chi connectivity index (χ1v) is 10.9. The number of thioether (sulfide) groups is 1. The zero-order chi connectivity index (χ0) is 22.8. The molecule has 32 heavy (non-hydrogen) atoms. The molecule has 2 heterocycles. The quantitative estimate of drug-likeness (QED) is 0.439. The molecule has 3 aromatic rings. The fourth-order valence-corrected chi connectivity index (χ4v) is 4.45. The van der Waals surface area contributed by atoms with Crippen molar-refractivity contribution < 1.29 is 18.7 Å². The van der Waals surface area contributed by atoms with Crippen LogP contribution in [-0.2, 0) is 15.3 Å². The second-order valence-electron chi connectivity index (χ2n) is 7.28. The zero-order valence-corrected chi connectivity index (χ0v) is 18.6. The van der Waals surface area contributed by atoms with Gasteiger partial charge < -0.3 is 10.1 Å². The summed E-state index contributed by atoms with van der Waals surface area (Å²) in [7, 11) is 1.32. The van der Waals surface area contributed by atoms with E-state index in [-0.39, 0.29) is 11.6 Å². The van der Waals surface area contributed by atoms with Crippen molar-refractivity contribution in [1.82, 2.24) is 14.8 Å². The van der Waals surface area contributed by atoms with Crippen molar-refractivity contribution in [1.29, 1.82) is 0 Å². The second-order valence-corrected chi connectivity index (χ2v) is 8.22. The molecule has 164 valence electrons. The molecule has 4 rings (SSSR count). The van der Waals surface area contributed by atoms with E-state index in [0.29, 0.717) is 39.3 Å². The molecule has 0 saturated carbocycles. The van der Waals surface area contributed by atoms with Gasteiger partial charge in [-0.2, -0.15) is 4.98 Å². The number of rotatable bonds is 6. The normalized spacial score (nSPS) is 15.2. The highest BCUT2D eigenvalue weighted by Gasteiger charge is 2.32. The first kappa shape index (κ1) is 21.8. The number of aromatic nitrogens is 3. The summed E-state index contributed by atoms with van der Waals surface area (Å²) in [5, 5.41) is 8.21. The minimum Gasteiger partial charge on any atom is -0.465 e. The standard InChI is InChI=1S/C23H21FN4O3S/c1-13-19(14(2)29)20(15-8-10-16(11-9-15)21(30)31-3)28-22(25-13)26-23(27-28)32-12-17-6-4-5-7-18(17)24/h4-11,20H,12H2,1-3H3,(H,25,26,27). The van der Waals surface area contributed by atoms with Gasteiger partial charge >= 0.3 is 5.97 Å². The first-order valence-electron chi connectivity index (χ1n) is 9.88. The van der Waals surface area contributed by atoms with Crippen LogP contribution in [0.2, 0.25) is 0 Å². The Bertz CT molecular complexity index is 1220. The number of anilines is 1. The monoisotopic (exact) mass is 452 g/mol. The lowest BCUT2D eigenvalue weighted by atomic mass is 9.93. The summed E-state index contributed by atoms with van der Waals surface area (Å²) in [5.74, 6) is 0.0562. The molecule has 2 aromatic carbocycles. The maximum Gasteiger partial charge on any atom is 0.337 e. The maximum absolute atomic E-state index is 14.0. The van der Waals surface area contributed by atoms with E-state index in [2.05, 4.69) is 15.4 Å². The van der Waals surface area contributed by atoms with Crippen molar-refractivity contribution in [2.45, 2.75) is 30.8 Å². The van der Waals surface area contributed by atoms with Crippen LogP contribution >= 0.6 is 11.8 Å². The van der Waals surface area contributed by atoms with Gasteiger partial charge in [-0.05, 0) is 43.2 Å². The second kappa shape index (κ2) is 8.96. The zero-order valence-electron chi connectivity index (χ0n) is 17.8. The molecule has 0 bridgehead atoms. The number of hydrogen-bond acceptors (Lipinski definition) is 7. The Labute approximate surface area is 188 Å². The van der Waals surface area contributed by atoms with E-state index in [4.69, 9.17) is 4.74 Å². The molecule has 1 aliphatic rings. The van der Waals surface area contributed by atoms with E-state index < -0.39 is 12.0 Å². The molecule has 0 saturated heterocycles. The molecule has 7 nitrogen and oxygen atoms in total. The van der Waals surface area contributed by atoms with Crippen molar-refractivity contribution in [3.05, 3.63) is 82.3 Å². The third-order valence-electron chi connectivity index (χ3n) is 5.17. The summed E-state index contributed by atoms with van der Waals surface area (Å²) in [6.45, 7) is 3.32. The van der Waals surface area contributed by atoms with Crippen molar-refractivity contribution in [2.24, 2.45) is 0 Å². The summed E-state index contributed by atoms with van der Waals surface area (Å²) in [5.41, 5.74) is 2.99. The minimum atomic E-state index is -0.509. The Morgan fingerprint density at radius 2 is 1.91 bits per heavy atom. The van der Waals surface area contributed by atoms with Crippen LogP contribution in [0.15, 0.2) is 65.0 Å². The minimum absolute atomic E-state index is 0.0984. The lowest BCUT2D eigenvalue weighted by Gasteiger charge is -2.28. The lowest BCUT2D eigenvalue weighted by molar-refractivity contribution is -0.114. The Morgan fingerprint density at radius 1 is 1.19 bits per heavy atom. The van der Waals surface area contributed by atoms with Gasteiger partial charge in [0.05, 0.1) is 12.7 Å². The number of ether oxygens (including phenoxy) is 1. The molecular weight excluding hydrogens is 431 g/mol. The molecule has 1 aliphatic heterocycles. The summed E-state index contributed by atoms with van der Waals surface area (Å²) in [6, 6.07) is 12.9. The number of nitrogens with one attached hydrogen (secondary N) is 1. The van der Waals surface area contributed by atoms with E-state index in [1.165, 1.54) is 31.9 Å². The number of methoxy groups -OCH3 is 1. The summed E-state index contributed by atoms with van der Waals surface area (Å²) < 4.78 is 20.4. The predicted octanol–water partition coefficient (Wildman–Crippen LogP) is 4.37. The average molecular weight is 453 g/mol. The topological polar surface area (TPSA) is 86.1 Å². The first-order chi connectivity index (χ1) is 15.4. The van der Waals surface area contributed by atoms with E-state index in [1.54, 1.807) is 47.1 Å². The summed E-state index contributed by atoms with van der Waals surface area (Å²) in [4.78, 5) is 28.8. The Kier molecular flexibility index (Phi) is 6.09. The third kappa shape index (κ3) is 4.16. The number of fused-ring (bicyclic) bond motifs is 1. The van der Waals surface area contributed by atoms with Crippen molar-refractivity contribution in [3.8, 4) is 0 Å². The number of nitrogens with zero attached hydrogens (tertiary/aromatic N) is 3. The molecule has 0 aliphatic carbocycles. The van der Waals surface area contributed by atoms with Crippen molar-refractivity contribution in [3.63, 3.8) is 0 Å². The highest BCUT2D eigenvalue weighted by Crippen LogP contribution is 2.37. The summed E-state index contributed by atoms with van der Waals surface area (Å²) >= 11 is 1.31. The van der Waals surface area contributed by atoms with E-state index in [0.717, 1.165) is 5.56 Å². The van der Waals surface area contributed by atoms with Crippen molar-refractivity contribution >= 4 is 29.5 Å². The molecule has 0 radical (unpaired) electrons. The number of hydrogen-bond donors (Lipinski definition) is 1. The van der Waals surface area contributed by atoms with Gasteiger partial charge in [0, 0.05) is 17.0 Å². The van der Waals surface area contributed by atoms with Gasteiger partial charge in [-0.1, -0.05) is 42.1 Å². The molecule has 9 heteroatoms. The molecule has 0 fully saturated rings. The predicted molar refractivity (Wildman–Crippen MR) is 119 cm³/mol. The van der Waals surface area contributed by atoms with Gasteiger partial charge in [0.2, 0.25) is 11.1 Å². The van der Waals surface area contributed by atoms with Gasteiger partial charge in [-0.3, -0.25) is 4.79 Å². The smallest absolute Gasteiger partial charge is 0.337 e. The van der Waals surface area contributed by atoms with E-state index >= 15 is 0 Å². The van der Waals surface area contributed by atoms with Crippen LogP contribution in [0.5, 0.6) is 0 Å². The highest BCUT2D eigenvalue weighted by molar-refractivity contribution is 7.98. The van der Waals surface area contributed by atoms with Gasteiger partial charge in [-0.15, -0.1) is 5.10 Å². The molecule has 0 amide bonds. The fourth-order valence-electron chi connectivity index (χ4n) is 3.63. The molecule has 1 aromatic heterocycles. The molecule has 1 N–H and O–H groups in total. The molecular formula is C23H21FN4O3S. The SMILES string of the molecule is COC(=O)c1ccc(C2C(C(C)=O)=C(C)Nc3nc(SCc4ccccc4F)nn32)cc1. The molecule has 1 atom stereocenters. The maximum atomic E-state index is 14.0. The number of esters is 1. The van der Waals surface area contributed by atoms with Gasteiger partial charge in [0.25, 0.3) is 0 Å². The number of halogens is 1. The van der Waals surface area contributed by atoms with E-state index in [1.807, 2.05) is 6.92 Å². The van der Waals surface area contributed by atoms with Crippen LogP contribution in [0.3, 0.4) is 0 Å². The highest BCUT2D eigenvalue weighted by atomic mass is 32.2. The van der Waals surface area contributed by atoms with Gasteiger partial charge in [0.15, 0.2) is 5.78 Å². The van der Waals surface area contributed by atoms with Crippen LogP contribution in [0, 0.1) is 5.82 Å². The third-order valence-corrected chi connectivity index (χ3v) is 6.06. The number of ketones is 1. The Morgan fingerprint density at radius 3 is 2.56 bits per heavy atom. The lowest BCUT2D eigenvalue weighted by Crippen LogP contribution is -2.27. The van der Waals surface area contributed by atoms with Crippen LogP contribution in [0.1, 0.15) is 41.4 Å². The van der Waals surface area contributed by atoms with E-state index in [9.17, 15) is 14.0 Å². The Balaban J connectivity index is 1.68. The van der Waals surface area contributed by atoms with Crippen LogP contribution in [-0.4, -0.2) is 33.6 Å². The number of Topliss-reactive ketones (excluding diaryl/α,β-unsaturated/α-hetero) is 1. The molecule has 0 spiro atoms. The number of carbonyl (C=O) groups excluding carboxylic acids is 2. The summed E-state index contributed by atoms with van der Waals surface area (Å²) in [6.07, 6.45) is 0. The van der Waals surface area contributed by atoms with Crippen LogP contribution in [0.4, 0.5) is 10.3 Å². The van der Waals surface area contributed by atoms with Crippen LogP contribution < -0.4 is 5.32 Å². The van der Waals surface area contributed by atoms with Gasteiger partial charge in [-0.25, -0.2) is 13.9 Å². The Hall–Kier alpha value is -3.46. The number of allylic oxidation sites excluding steroid dienone is 2. The average Bonchev–Trinajstić information content (AvgIpc) is 3.19. The fraction of sp³-hybridized carbons (Fsp3) is 0.217. The number of benzene rings is 2. The number of carbonyl (C=O) groups is 2. The van der Waals surface area contributed by atoms with Gasteiger partial charge in [0.1, 0.15) is 11.9 Å². The largest absolute Gasteiger partial charge is 0.465 e. The van der Waals surface area contributed by atoms with Crippen molar-refractivity contribution in [2.75, 3.05) is 12.4 Å².